The Labute approximate surface area is 96.0 Å². The monoisotopic (exact) mass is 276 g/mol. The summed E-state index contributed by atoms with van der Waals surface area (Å²) in [7, 11) is 0. The average molecular weight is 277 g/mol. The summed E-state index contributed by atoms with van der Waals surface area (Å²) in [5.74, 6) is 0.108. The molecule has 6 nitrogen and oxygen atoms in total. The quantitative estimate of drug-likeness (QED) is 0.453. The lowest BCUT2D eigenvalue weighted by atomic mass is 10.1. The Morgan fingerprint density at radius 3 is 2.93 bits per heavy atom. The van der Waals surface area contributed by atoms with Gasteiger partial charge in [-0.2, -0.15) is 4.68 Å². The molecule has 0 saturated heterocycles. The summed E-state index contributed by atoms with van der Waals surface area (Å²) in [6.07, 6.45) is 3.56. The third kappa shape index (κ3) is 3.58. The van der Waals surface area contributed by atoms with Crippen molar-refractivity contribution in [3.05, 3.63) is 16.4 Å². The van der Waals surface area contributed by atoms with E-state index in [1.54, 1.807) is 0 Å². The van der Waals surface area contributed by atoms with Crippen LogP contribution >= 0.6 is 15.9 Å². The molecule has 0 N–H and O–H groups in total. The van der Waals surface area contributed by atoms with Gasteiger partial charge < -0.3 is 10.1 Å². The predicted octanol–water partition coefficient (Wildman–Crippen LogP) is 2.00. The predicted molar refractivity (Wildman–Crippen MR) is 58.9 cm³/mol. The van der Waals surface area contributed by atoms with Gasteiger partial charge in [-0.1, -0.05) is 34.3 Å². The average Bonchev–Trinajstić information content (AvgIpc) is 2.65. The zero-order valence-corrected chi connectivity index (χ0v) is 10.1. The number of rotatable bonds is 6. The van der Waals surface area contributed by atoms with Crippen LogP contribution in [0, 0.1) is 16.0 Å². The van der Waals surface area contributed by atoms with Crippen LogP contribution < -0.4 is 0 Å². The van der Waals surface area contributed by atoms with Gasteiger partial charge in [0.05, 0.1) is 6.54 Å². The molecule has 1 aromatic heterocycles. The van der Waals surface area contributed by atoms with Crippen LogP contribution in [0.3, 0.4) is 0 Å². The zero-order valence-electron chi connectivity index (χ0n) is 8.47. The highest BCUT2D eigenvalue weighted by atomic mass is 79.9. The van der Waals surface area contributed by atoms with Crippen LogP contribution in [0.5, 0.6) is 0 Å². The molecule has 0 amide bonds. The second kappa shape index (κ2) is 5.79. The third-order valence-corrected chi connectivity index (χ3v) is 2.96. The van der Waals surface area contributed by atoms with Gasteiger partial charge in [-0.3, -0.25) is 0 Å². The lowest BCUT2D eigenvalue weighted by Gasteiger charge is -2.09. The number of nitrogens with zero attached hydrogens (tertiary/aromatic N) is 4. The van der Waals surface area contributed by atoms with Crippen LogP contribution in [0.1, 0.15) is 19.8 Å². The molecule has 1 unspecified atom stereocenters. The van der Waals surface area contributed by atoms with Gasteiger partial charge in [-0.25, -0.2) is 0 Å². The summed E-state index contributed by atoms with van der Waals surface area (Å²) in [4.78, 5) is 13.4. The smallest absolute Gasteiger partial charge is 0.390 e. The first-order valence-electron chi connectivity index (χ1n) is 4.77. The van der Waals surface area contributed by atoms with E-state index >= 15 is 0 Å². The molecule has 0 radical (unpaired) electrons. The standard InChI is InChI=1S/C8H13BrN4O2/c1-2-3-7(4-9)5-12-6-10-8(11-12)13(14)15/h6-7H,2-5H2,1H3. The molecule has 1 heterocycles. The van der Waals surface area contributed by atoms with Crippen molar-refractivity contribution in [3.63, 3.8) is 0 Å². The van der Waals surface area contributed by atoms with E-state index in [1.165, 1.54) is 11.0 Å². The molecular weight excluding hydrogens is 264 g/mol. The minimum Gasteiger partial charge on any atom is -0.390 e. The maximum Gasteiger partial charge on any atom is 0.490 e. The Hall–Kier alpha value is -0.980. The largest absolute Gasteiger partial charge is 0.490 e. The molecular formula is C8H13BrN4O2. The van der Waals surface area contributed by atoms with Crippen molar-refractivity contribution in [1.82, 2.24) is 14.8 Å². The van der Waals surface area contributed by atoms with E-state index in [1.807, 2.05) is 0 Å². The minimum absolute atomic E-state index is 0.333. The van der Waals surface area contributed by atoms with E-state index in [4.69, 9.17) is 0 Å². The maximum atomic E-state index is 10.4. The molecule has 0 saturated carbocycles. The van der Waals surface area contributed by atoms with E-state index in [0.29, 0.717) is 12.5 Å². The van der Waals surface area contributed by atoms with E-state index < -0.39 is 4.92 Å². The second-order valence-corrected chi connectivity index (χ2v) is 3.98. The van der Waals surface area contributed by atoms with Crippen LogP contribution in [0.15, 0.2) is 6.33 Å². The third-order valence-electron chi connectivity index (χ3n) is 2.05. The fraction of sp³-hybridized carbons (Fsp3) is 0.750. The lowest BCUT2D eigenvalue weighted by Crippen LogP contribution is -2.12. The Morgan fingerprint density at radius 2 is 2.47 bits per heavy atom. The highest BCUT2D eigenvalue weighted by Crippen LogP contribution is 2.12. The van der Waals surface area contributed by atoms with Crippen LogP contribution in [0.2, 0.25) is 0 Å². The molecule has 1 rings (SSSR count). The molecule has 0 spiro atoms. The zero-order chi connectivity index (χ0) is 11.3. The van der Waals surface area contributed by atoms with E-state index in [2.05, 4.69) is 32.9 Å². The van der Waals surface area contributed by atoms with Crippen molar-refractivity contribution in [3.8, 4) is 0 Å². The summed E-state index contributed by atoms with van der Waals surface area (Å²) in [5, 5.41) is 15.0. The Bertz CT molecular complexity index is 328. The van der Waals surface area contributed by atoms with E-state index in [-0.39, 0.29) is 5.95 Å². The van der Waals surface area contributed by atoms with E-state index in [0.717, 1.165) is 18.2 Å². The molecule has 1 aromatic rings. The molecule has 0 fully saturated rings. The van der Waals surface area contributed by atoms with Crippen molar-refractivity contribution < 1.29 is 4.92 Å². The van der Waals surface area contributed by atoms with Crippen LogP contribution in [0.4, 0.5) is 5.95 Å². The molecule has 0 aromatic carbocycles. The van der Waals surface area contributed by atoms with Gasteiger partial charge >= 0.3 is 5.95 Å². The SMILES string of the molecule is CCCC(CBr)Cn1cnc([N+](=O)[O-])n1. The van der Waals surface area contributed by atoms with Gasteiger partial charge in [-0.15, -0.1) is 0 Å². The van der Waals surface area contributed by atoms with Gasteiger partial charge in [0.25, 0.3) is 0 Å². The maximum absolute atomic E-state index is 10.4. The molecule has 0 aliphatic heterocycles. The minimum atomic E-state index is -0.584. The van der Waals surface area contributed by atoms with Crippen LogP contribution in [-0.2, 0) is 6.54 Å². The summed E-state index contributed by atoms with van der Waals surface area (Å²) in [5.41, 5.74) is 0. The van der Waals surface area contributed by atoms with Crippen molar-refractivity contribution >= 4 is 21.9 Å². The molecule has 15 heavy (non-hydrogen) atoms. The Kier molecular flexibility index (Phi) is 4.67. The number of alkyl halides is 1. The summed E-state index contributed by atoms with van der Waals surface area (Å²) in [6.45, 7) is 2.78. The van der Waals surface area contributed by atoms with Crippen LogP contribution in [0.25, 0.3) is 0 Å². The number of aromatic nitrogens is 3. The highest BCUT2D eigenvalue weighted by Gasteiger charge is 2.15. The number of hydrogen-bond donors (Lipinski definition) is 0. The van der Waals surface area contributed by atoms with Crippen molar-refractivity contribution in [2.24, 2.45) is 5.92 Å². The molecule has 7 heteroatoms. The molecule has 0 aliphatic rings. The fourth-order valence-electron chi connectivity index (χ4n) is 1.35. The molecule has 0 bridgehead atoms. The van der Waals surface area contributed by atoms with Crippen molar-refractivity contribution in [1.29, 1.82) is 0 Å². The van der Waals surface area contributed by atoms with Crippen molar-refractivity contribution in [2.45, 2.75) is 26.3 Å². The first-order valence-corrected chi connectivity index (χ1v) is 5.89. The Balaban J connectivity index is 2.59. The van der Waals surface area contributed by atoms with Gasteiger partial charge in [0, 0.05) is 10.4 Å². The topological polar surface area (TPSA) is 73.8 Å². The first kappa shape index (κ1) is 12.1. The summed E-state index contributed by atoms with van der Waals surface area (Å²) < 4.78 is 1.53. The van der Waals surface area contributed by atoms with E-state index in [9.17, 15) is 10.1 Å². The second-order valence-electron chi connectivity index (χ2n) is 3.33. The van der Waals surface area contributed by atoms with Crippen LogP contribution in [-0.4, -0.2) is 25.0 Å². The first-order chi connectivity index (χ1) is 7.17. The highest BCUT2D eigenvalue weighted by molar-refractivity contribution is 9.09. The van der Waals surface area contributed by atoms with Crippen molar-refractivity contribution in [2.75, 3.05) is 5.33 Å². The fourth-order valence-corrected chi connectivity index (χ4v) is 1.87. The van der Waals surface area contributed by atoms with Gasteiger partial charge in [0.15, 0.2) is 0 Å². The summed E-state index contributed by atoms with van der Waals surface area (Å²) >= 11 is 3.41. The molecule has 84 valence electrons. The number of hydrogen-bond acceptors (Lipinski definition) is 4. The van der Waals surface area contributed by atoms with Gasteiger partial charge in [-0.05, 0) is 17.3 Å². The lowest BCUT2D eigenvalue weighted by molar-refractivity contribution is -0.394. The summed E-state index contributed by atoms with van der Waals surface area (Å²) in [6, 6.07) is 0. The number of halogens is 1. The molecule has 0 aliphatic carbocycles. The normalized spacial score (nSPS) is 12.7. The molecule has 1 atom stereocenters. The van der Waals surface area contributed by atoms with Gasteiger partial charge in [0.1, 0.15) is 0 Å². The van der Waals surface area contributed by atoms with Gasteiger partial charge in [0.2, 0.25) is 6.33 Å². The number of nitro groups is 1. The Morgan fingerprint density at radius 1 is 1.73 bits per heavy atom.